The Morgan fingerprint density at radius 2 is 0.844 bits per heavy atom. The van der Waals surface area contributed by atoms with Crippen LogP contribution in [0.3, 0.4) is 0 Å². The number of hydrogen-bond acceptors (Lipinski definition) is 6. The van der Waals surface area contributed by atoms with Crippen LogP contribution in [0, 0.1) is 0 Å². The van der Waals surface area contributed by atoms with E-state index in [1.54, 1.807) is 60.7 Å². The summed E-state index contributed by atoms with van der Waals surface area (Å²) in [5.74, 6) is 0. The predicted molar refractivity (Wildman–Crippen MR) is 131 cm³/mol. The van der Waals surface area contributed by atoms with Crippen molar-refractivity contribution < 1.29 is 25.9 Å². The van der Waals surface area contributed by atoms with Gasteiger partial charge in [-0.25, -0.2) is 0 Å². The molecule has 0 aliphatic rings. The van der Waals surface area contributed by atoms with Crippen LogP contribution in [-0.4, -0.2) is 35.7 Å². The quantitative estimate of drug-likeness (QED) is 0.263. The fourth-order valence-electron chi connectivity index (χ4n) is 3.37. The zero-order valence-corrected chi connectivity index (χ0v) is 19.7. The van der Waals surface area contributed by atoms with Crippen molar-refractivity contribution in [2.24, 2.45) is 0 Å². The molecule has 0 fully saturated rings. The van der Waals surface area contributed by atoms with Crippen molar-refractivity contribution in [3.63, 3.8) is 0 Å². The van der Waals surface area contributed by atoms with Crippen LogP contribution in [0.25, 0.3) is 0 Å². The Bertz CT molecular complexity index is 1250. The SMILES string of the molecule is O=S(=O)(O)C(C(=S)c1ccccc1)c1ccccc1C(C(=S)c1ccccc1)S(=O)(=O)O. The van der Waals surface area contributed by atoms with Crippen LogP contribution < -0.4 is 0 Å². The second-order valence-electron chi connectivity index (χ2n) is 6.88. The molecule has 0 aromatic heterocycles. The lowest BCUT2D eigenvalue weighted by Crippen LogP contribution is -2.27. The number of thiocarbonyl (C=S) groups is 2. The number of hydrogen-bond donors (Lipinski definition) is 2. The van der Waals surface area contributed by atoms with Crippen LogP contribution in [0.2, 0.25) is 0 Å². The molecular weight excluding hydrogens is 489 g/mol. The molecule has 0 saturated carbocycles. The van der Waals surface area contributed by atoms with Crippen molar-refractivity contribution in [2.45, 2.75) is 10.5 Å². The summed E-state index contributed by atoms with van der Waals surface area (Å²) in [6, 6.07) is 22.0. The highest BCUT2D eigenvalue weighted by Gasteiger charge is 2.38. The molecule has 166 valence electrons. The van der Waals surface area contributed by atoms with E-state index in [0.717, 1.165) is 0 Å². The van der Waals surface area contributed by atoms with Crippen molar-refractivity contribution in [1.82, 2.24) is 0 Å². The van der Waals surface area contributed by atoms with Crippen LogP contribution in [0.15, 0.2) is 84.9 Å². The van der Waals surface area contributed by atoms with Crippen molar-refractivity contribution in [3.8, 4) is 0 Å². The highest BCUT2D eigenvalue weighted by molar-refractivity contribution is 7.90. The van der Waals surface area contributed by atoms with Gasteiger partial charge in [-0.1, -0.05) is 109 Å². The molecule has 0 saturated heterocycles. The number of rotatable bonds is 8. The third-order valence-electron chi connectivity index (χ3n) is 4.75. The van der Waals surface area contributed by atoms with Crippen molar-refractivity contribution in [3.05, 3.63) is 107 Å². The topological polar surface area (TPSA) is 109 Å². The Morgan fingerprint density at radius 3 is 1.12 bits per heavy atom. The van der Waals surface area contributed by atoms with E-state index < -0.39 is 30.7 Å². The summed E-state index contributed by atoms with van der Waals surface area (Å²) in [6.45, 7) is 0. The van der Waals surface area contributed by atoms with Crippen LogP contribution in [0.4, 0.5) is 0 Å². The summed E-state index contributed by atoms with van der Waals surface area (Å²) < 4.78 is 69.9. The zero-order chi connectivity index (χ0) is 23.5. The first-order valence-corrected chi connectivity index (χ1v) is 13.0. The smallest absolute Gasteiger partial charge is 0.277 e. The van der Waals surface area contributed by atoms with Gasteiger partial charge in [0.1, 0.15) is 10.5 Å². The van der Waals surface area contributed by atoms with Crippen LogP contribution in [0.1, 0.15) is 32.8 Å². The van der Waals surface area contributed by atoms with E-state index >= 15 is 0 Å². The van der Waals surface area contributed by atoms with Gasteiger partial charge in [0.05, 0.1) is 0 Å². The van der Waals surface area contributed by atoms with Gasteiger partial charge < -0.3 is 0 Å². The normalized spacial score (nSPS) is 13.8. The second kappa shape index (κ2) is 9.65. The monoisotopic (exact) mass is 506 g/mol. The molecule has 0 bridgehead atoms. The Balaban J connectivity index is 2.25. The Hall–Kier alpha value is -2.34. The molecule has 2 unspecified atom stereocenters. The lowest BCUT2D eigenvalue weighted by Gasteiger charge is -2.24. The lowest BCUT2D eigenvalue weighted by molar-refractivity contribution is 0.474. The third kappa shape index (κ3) is 5.34. The number of benzene rings is 3. The highest BCUT2D eigenvalue weighted by atomic mass is 32.2. The molecule has 0 amide bonds. The molecule has 32 heavy (non-hydrogen) atoms. The van der Waals surface area contributed by atoms with Gasteiger partial charge >= 0.3 is 0 Å². The van der Waals surface area contributed by atoms with Gasteiger partial charge in [0.15, 0.2) is 0 Å². The van der Waals surface area contributed by atoms with Crippen LogP contribution in [-0.2, 0) is 20.2 Å². The standard InChI is InChI=1S/C22H18O6S4/c23-31(24,25)21(19(29)15-9-3-1-4-10-15)17-13-7-8-14-18(17)22(32(26,27)28)20(30)16-11-5-2-6-12-16/h1-14,21-22H,(H,23,24,25)(H,26,27,28). The third-order valence-corrected chi connectivity index (χ3v) is 8.16. The zero-order valence-electron chi connectivity index (χ0n) is 16.4. The molecule has 2 atom stereocenters. The van der Waals surface area contributed by atoms with Crippen molar-refractivity contribution in [2.75, 3.05) is 0 Å². The maximum atomic E-state index is 12.4. The van der Waals surface area contributed by atoms with Gasteiger partial charge in [0.2, 0.25) is 0 Å². The van der Waals surface area contributed by atoms with Gasteiger partial charge in [-0.05, 0) is 22.3 Å². The Morgan fingerprint density at radius 1 is 0.562 bits per heavy atom. The molecular formula is C22H18O6S4. The van der Waals surface area contributed by atoms with Gasteiger partial charge in [0.25, 0.3) is 20.2 Å². The minimum Gasteiger partial charge on any atom is -0.285 e. The molecule has 0 aliphatic heterocycles. The van der Waals surface area contributed by atoms with Gasteiger partial charge in [-0.3, -0.25) is 9.11 Å². The van der Waals surface area contributed by atoms with E-state index in [1.165, 1.54) is 24.3 Å². The first kappa shape index (κ1) is 24.3. The van der Waals surface area contributed by atoms with Gasteiger partial charge in [-0.2, -0.15) is 16.8 Å². The van der Waals surface area contributed by atoms with Crippen molar-refractivity contribution >= 4 is 54.4 Å². The minimum atomic E-state index is -4.82. The van der Waals surface area contributed by atoms with E-state index in [-0.39, 0.29) is 20.9 Å². The molecule has 3 rings (SSSR count). The van der Waals surface area contributed by atoms with Crippen LogP contribution >= 0.6 is 24.4 Å². The molecule has 0 spiro atoms. The highest BCUT2D eigenvalue weighted by Crippen LogP contribution is 2.36. The first-order valence-electron chi connectivity index (χ1n) is 9.21. The summed E-state index contributed by atoms with van der Waals surface area (Å²) in [6.07, 6.45) is 0. The van der Waals surface area contributed by atoms with Gasteiger partial charge in [0, 0.05) is 9.73 Å². The maximum Gasteiger partial charge on any atom is 0.277 e. The Kier molecular flexibility index (Phi) is 7.33. The fraction of sp³-hybridized carbons (Fsp3) is 0.0909. The molecule has 2 N–H and O–H groups in total. The summed E-state index contributed by atoms with van der Waals surface area (Å²) >= 11 is 10.8. The predicted octanol–water partition coefficient (Wildman–Crippen LogP) is 4.38. The fourth-order valence-corrected chi connectivity index (χ4v) is 6.51. The average molecular weight is 507 g/mol. The summed E-state index contributed by atoms with van der Waals surface area (Å²) in [5.41, 5.74) is 0.553. The second-order valence-corrected chi connectivity index (χ2v) is 10.8. The molecule has 6 nitrogen and oxygen atoms in total. The largest absolute Gasteiger partial charge is 0.285 e. The van der Waals surface area contributed by atoms with E-state index in [4.69, 9.17) is 24.4 Å². The van der Waals surface area contributed by atoms with E-state index in [1.807, 2.05) is 0 Å². The molecule has 3 aromatic carbocycles. The Labute approximate surface area is 197 Å². The molecule has 0 heterocycles. The van der Waals surface area contributed by atoms with Gasteiger partial charge in [-0.15, -0.1) is 0 Å². The lowest BCUT2D eigenvalue weighted by atomic mass is 9.94. The first-order chi connectivity index (χ1) is 15.0. The maximum absolute atomic E-state index is 12.4. The summed E-state index contributed by atoms with van der Waals surface area (Å²) in [7, 11) is -9.64. The average Bonchev–Trinajstić information content (AvgIpc) is 2.74. The molecule has 0 aliphatic carbocycles. The van der Waals surface area contributed by atoms with E-state index in [0.29, 0.717) is 11.1 Å². The van der Waals surface area contributed by atoms with E-state index in [9.17, 15) is 25.9 Å². The molecule has 3 aromatic rings. The van der Waals surface area contributed by atoms with Crippen LogP contribution in [0.5, 0.6) is 0 Å². The van der Waals surface area contributed by atoms with Crippen molar-refractivity contribution in [1.29, 1.82) is 0 Å². The minimum absolute atomic E-state index is 0.0928. The molecule has 0 radical (unpaired) electrons. The van der Waals surface area contributed by atoms with E-state index in [2.05, 4.69) is 0 Å². The molecule has 10 heteroatoms. The summed E-state index contributed by atoms with van der Waals surface area (Å²) in [5, 5.41) is -3.50. The summed E-state index contributed by atoms with van der Waals surface area (Å²) in [4.78, 5) is -0.250.